The third-order valence-corrected chi connectivity index (χ3v) is 4.19. The van der Waals surface area contributed by atoms with E-state index in [0.29, 0.717) is 18.0 Å². The number of aliphatic hydroxyl groups is 1. The third kappa shape index (κ3) is 2.54. The number of aromatic nitrogens is 2. The van der Waals surface area contributed by atoms with Crippen LogP contribution in [-0.4, -0.2) is 44.7 Å². The molecule has 1 aliphatic heterocycles. The average molecular weight is 269 g/mol. The molecule has 0 radical (unpaired) electrons. The molecule has 6 heteroatoms. The summed E-state index contributed by atoms with van der Waals surface area (Å²) in [7, 11) is 0. The van der Waals surface area contributed by atoms with Gasteiger partial charge in [-0.05, 0) is 29.8 Å². The topological polar surface area (TPSA) is 66.3 Å². The lowest BCUT2D eigenvalue weighted by Crippen LogP contribution is -2.45. The summed E-state index contributed by atoms with van der Waals surface area (Å²) in [4.78, 5) is 14.7. The van der Waals surface area contributed by atoms with Gasteiger partial charge in [0.1, 0.15) is 4.88 Å². The van der Waals surface area contributed by atoms with Crippen LogP contribution in [0.15, 0.2) is 0 Å². The summed E-state index contributed by atoms with van der Waals surface area (Å²) in [5.74, 6) is 0.411. The fourth-order valence-electron chi connectivity index (χ4n) is 2.10. The number of hydrogen-bond acceptors (Lipinski definition) is 5. The number of likely N-dealkylation sites (tertiary alicyclic amines) is 1. The van der Waals surface area contributed by atoms with Gasteiger partial charge in [0, 0.05) is 13.1 Å². The van der Waals surface area contributed by atoms with Gasteiger partial charge in [-0.3, -0.25) is 4.79 Å². The highest BCUT2D eigenvalue weighted by Crippen LogP contribution is 2.24. The molecular weight excluding hydrogens is 250 g/mol. The number of rotatable bonds is 2. The summed E-state index contributed by atoms with van der Waals surface area (Å²) in [6.07, 6.45) is 0.418. The van der Waals surface area contributed by atoms with E-state index in [2.05, 4.69) is 9.59 Å². The number of piperidine rings is 1. The Morgan fingerprint density at radius 2 is 2.28 bits per heavy atom. The van der Waals surface area contributed by atoms with Crippen molar-refractivity contribution in [2.75, 3.05) is 13.1 Å². The maximum atomic E-state index is 12.4. The van der Waals surface area contributed by atoms with Crippen LogP contribution in [0.2, 0.25) is 0 Å². The Bertz CT molecular complexity index is 433. The van der Waals surface area contributed by atoms with Gasteiger partial charge >= 0.3 is 0 Å². The van der Waals surface area contributed by atoms with Gasteiger partial charge in [-0.2, -0.15) is 0 Å². The molecule has 5 nitrogen and oxygen atoms in total. The van der Waals surface area contributed by atoms with Crippen LogP contribution in [0, 0.1) is 5.92 Å². The Morgan fingerprint density at radius 3 is 2.89 bits per heavy atom. The van der Waals surface area contributed by atoms with Crippen molar-refractivity contribution in [3.8, 4) is 0 Å². The SMILES string of the molecule is CC(C)c1nnsc1C(=O)N1CCC(C)C(O)C1. The van der Waals surface area contributed by atoms with Crippen molar-refractivity contribution in [3.63, 3.8) is 0 Å². The highest BCUT2D eigenvalue weighted by molar-refractivity contribution is 7.08. The first-order valence-corrected chi connectivity index (χ1v) is 7.07. The van der Waals surface area contributed by atoms with Crippen LogP contribution in [0.5, 0.6) is 0 Å². The third-order valence-electron chi connectivity index (χ3n) is 3.46. The number of amides is 1. The predicted octanol–water partition coefficient (Wildman–Crippen LogP) is 1.50. The summed E-state index contributed by atoms with van der Waals surface area (Å²) in [5.41, 5.74) is 0.762. The minimum absolute atomic E-state index is 0.0420. The Morgan fingerprint density at radius 1 is 1.56 bits per heavy atom. The molecule has 2 unspecified atom stereocenters. The Labute approximate surface area is 111 Å². The maximum absolute atomic E-state index is 12.4. The number of β-amino-alcohol motifs (C(OH)–C–C–N with tert-alkyl or cyclic N) is 1. The molecule has 1 N–H and O–H groups in total. The zero-order valence-electron chi connectivity index (χ0n) is 11.0. The summed E-state index contributed by atoms with van der Waals surface area (Å²) in [5, 5.41) is 13.9. The van der Waals surface area contributed by atoms with Crippen molar-refractivity contribution in [3.05, 3.63) is 10.6 Å². The monoisotopic (exact) mass is 269 g/mol. The molecule has 1 aromatic rings. The minimum Gasteiger partial charge on any atom is -0.391 e. The molecule has 0 aliphatic carbocycles. The lowest BCUT2D eigenvalue weighted by molar-refractivity contribution is 0.0250. The van der Waals surface area contributed by atoms with E-state index in [1.165, 1.54) is 0 Å². The predicted molar refractivity (Wildman–Crippen MR) is 69.7 cm³/mol. The van der Waals surface area contributed by atoms with Crippen LogP contribution in [0.3, 0.4) is 0 Å². The van der Waals surface area contributed by atoms with E-state index < -0.39 is 6.10 Å². The van der Waals surface area contributed by atoms with E-state index in [9.17, 15) is 9.90 Å². The first-order valence-electron chi connectivity index (χ1n) is 6.30. The van der Waals surface area contributed by atoms with Crippen LogP contribution < -0.4 is 0 Å². The minimum atomic E-state index is -0.425. The van der Waals surface area contributed by atoms with Crippen molar-refractivity contribution in [1.29, 1.82) is 0 Å². The smallest absolute Gasteiger partial charge is 0.267 e. The van der Waals surface area contributed by atoms with Crippen LogP contribution >= 0.6 is 11.5 Å². The number of carbonyl (C=O) groups excluding carboxylic acids is 1. The van der Waals surface area contributed by atoms with Crippen molar-refractivity contribution in [1.82, 2.24) is 14.5 Å². The molecule has 2 heterocycles. The van der Waals surface area contributed by atoms with Gasteiger partial charge in [0.05, 0.1) is 11.8 Å². The molecule has 18 heavy (non-hydrogen) atoms. The molecular formula is C12H19N3O2S. The average Bonchev–Trinajstić information content (AvgIpc) is 2.81. The molecule has 100 valence electrons. The highest BCUT2D eigenvalue weighted by Gasteiger charge is 2.30. The largest absolute Gasteiger partial charge is 0.391 e. The molecule has 1 saturated heterocycles. The fourth-order valence-corrected chi connectivity index (χ4v) is 2.89. The molecule has 0 saturated carbocycles. The molecule has 0 bridgehead atoms. The van der Waals surface area contributed by atoms with Gasteiger partial charge in [-0.15, -0.1) is 5.10 Å². The van der Waals surface area contributed by atoms with Gasteiger partial charge in [-0.25, -0.2) is 0 Å². The number of carbonyl (C=O) groups is 1. The summed E-state index contributed by atoms with van der Waals surface area (Å²) in [6.45, 7) is 7.13. The first-order chi connectivity index (χ1) is 8.50. The van der Waals surface area contributed by atoms with Gasteiger partial charge in [0.15, 0.2) is 0 Å². The fraction of sp³-hybridized carbons (Fsp3) is 0.750. The Kier molecular flexibility index (Phi) is 3.97. The molecule has 1 aromatic heterocycles. The van der Waals surface area contributed by atoms with E-state index in [4.69, 9.17) is 0 Å². The molecule has 0 aromatic carbocycles. The Hall–Kier alpha value is -1.01. The lowest BCUT2D eigenvalue weighted by atomic mass is 9.96. The normalized spacial score (nSPS) is 24.6. The molecule has 0 spiro atoms. The van der Waals surface area contributed by atoms with Gasteiger partial charge in [0.2, 0.25) is 0 Å². The number of hydrogen-bond donors (Lipinski definition) is 1. The number of nitrogens with zero attached hydrogens (tertiary/aromatic N) is 3. The standard InChI is InChI=1S/C12H19N3O2S/c1-7(2)10-11(18-14-13-10)12(17)15-5-4-8(3)9(16)6-15/h7-9,16H,4-6H2,1-3H3. The maximum Gasteiger partial charge on any atom is 0.267 e. The van der Waals surface area contributed by atoms with E-state index in [1.807, 2.05) is 20.8 Å². The zero-order valence-corrected chi connectivity index (χ0v) is 11.8. The van der Waals surface area contributed by atoms with E-state index in [0.717, 1.165) is 23.6 Å². The van der Waals surface area contributed by atoms with Crippen LogP contribution in [0.25, 0.3) is 0 Å². The van der Waals surface area contributed by atoms with Crippen molar-refractivity contribution < 1.29 is 9.90 Å². The second-order valence-corrected chi connectivity index (χ2v) is 5.98. The highest BCUT2D eigenvalue weighted by atomic mass is 32.1. The summed E-state index contributed by atoms with van der Waals surface area (Å²) >= 11 is 1.15. The van der Waals surface area contributed by atoms with Crippen LogP contribution in [0.4, 0.5) is 0 Å². The van der Waals surface area contributed by atoms with Gasteiger partial charge < -0.3 is 10.0 Å². The van der Waals surface area contributed by atoms with Crippen molar-refractivity contribution >= 4 is 17.4 Å². The van der Waals surface area contributed by atoms with E-state index in [-0.39, 0.29) is 17.7 Å². The summed E-state index contributed by atoms with van der Waals surface area (Å²) < 4.78 is 3.87. The van der Waals surface area contributed by atoms with Crippen molar-refractivity contribution in [2.24, 2.45) is 5.92 Å². The summed E-state index contributed by atoms with van der Waals surface area (Å²) in [6, 6.07) is 0. The second-order valence-electron chi connectivity index (χ2n) is 5.23. The molecule has 1 fully saturated rings. The van der Waals surface area contributed by atoms with Crippen molar-refractivity contribution in [2.45, 2.75) is 39.2 Å². The van der Waals surface area contributed by atoms with Gasteiger partial charge in [0.25, 0.3) is 5.91 Å². The molecule has 1 aliphatic rings. The zero-order chi connectivity index (χ0) is 13.3. The first kappa shape index (κ1) is 13.4. The second kappa shape index (κ2) is 5.32. The molecule has 1 amide bonds. The number of aliphatic hydroxyl groups excluding tert-OH is 1. The molecule has 2 rings (SSSR count). The van der Waals surface area contributed by atoms with Gasteiger partial charge in [-0.1, -0.05) is 25.3 Å². The molecule has 2 atom stereocenters. The lowest BCUT2D eigenvalue weighted by Gasteiger charge is -2.34. The van der Waals surface area contributed by atoms with E-state index >= 15 is 0 Å². The van der Waals surface area contributed by atoms with Crippen LogP contribution in [-0.2, 0) is 0 Å². The Balaban J connectivity index is 2.14. The van der Waals surface area contributed by atoms with Crippen LogP contribution in [0.1, 0.15) is 48.5 Å². The quantitative estimate of drug-likeness (QED) is 0.883. The van der Waals surface area contributed by atoms with E-state index in [1.54, 1.807) is 4.90 Å².